The van der Waals surface area contributed by atoms with Gasteiger partial charge >= 0.3 is 0 Å². The lowest BCUT2D eigenvalue weighted by atomic mass is 9.94. The summed E-state index contributed by atoms with van der Waals surface area (Å²) >= 11 is 0. The number of morpholine rings is 1. The number of ether oxygens (including phenoxy) is 1. The lowest BCUT2D eigenvalue weighted by molar-refractivity contribution is -0.117. The molecular formula is C18H22FN3O4S. The number of carbonyl (C=O) groups excluding carboxylic acids is 1. The fourth-order valence-electron chi connectivity index (χ4n) is 3.59. The number of hydrogen-bond donors (Lipinski definition) is 0. The van der Waals surface area contributed by atoms with Crippen LogP contribution in [0.2, 0.25) is 0 Å². The summed E-state index contributed by atoms with van der Waals surface area (Å²) < 4.78 is 41.9. The number of oxazole rings is 1. The Morgan fingerprint density at radius 2 is 2.19 bits per heavy atom. The Morgan fingerprint density at radius 3 is 2.93 bits per heavy atom. The van der Waals surface area contributed by atoms with Gasteiger partial charge in [-0.1, -0.05) is 6.92 Å². The summed E-state index contributed by atoms with van der Waals surface area (Å²) in [5.41, 5.74) is 0.570. The normalized spacial score (nSPS) is 28.6. The van der Waals surface area contributed by atoms with E-state index in [1.165, 1.54) is 12.1 Å². The molecule has 1 aromatic carbocycles. The lowest BCUT2D eigenvalue weighted by Crippen LogP contribution is -2.55. The zero-order valence-corrected chi connectivity index (χ0v) is 16.0. The van der Waals surface area contributed by atoms with E-state index in [1.807, 2.05) is 4.90 Å². The quantitative estimate of drug-likeness (QED) is 0.777. The molecule has 7 nitrogen and oxygen atoms in total. The van der Waals surface area contributed by atoms with Crippen molar-refractivity contribution < 1.29 is 22.5 Å². The van der Waals surface area contributed by atoms with Crippen LogP contribution >= 0.6 is 0 Å². The number of anilines is 1. The van der Waals surface area contributed by atoms with Gasteiger partial charge in [-0.05, 0) is 25.0 Å². The highest BCUT2D eigenvalue weighted by Gasteiger charge is 2.42. The van der Waals surface area contributed by atoms with E-state index in [9.17, 15) is 13.4 Å². The summed E-state index contributed by atoms with van der Waals surface area (Å²) in [5, 5.41) is 0. The molecule has 0 aliphatic carbocycles. The number of hydrogen-bond acceptors (Lipinski definition) is 6. The Morgan fingerprint density at radius 1 is 1.41 bits per heavy atom. The molecule has 146 valence electrons. The van der Waals surface area contributed by atoms with Gasteiger partial charge in [-0.2, -0.15) is 9.35 Å². The highest BCUT2D eigenvalue weighted by atomic mass is 32.2. The van der Waals surface area contributed by atoms with Gasteiger partial charge in [0.25, 0.3) is 11.9 Å². The second kappa shape index (κ2) is 6.87. The number of carbonyl (C=O) groups is 1. The third-order valence-corrected chi connectivity index (χ3v) is 7.40. The summed E-state index contributed by atoms with van der Waals surface area (Å²) in [6.45, 7) is 3.39. The first-order valence-corrected chi connectivity index (χ1v) is 11.0. The standard InChI is InChI=1S/C18H22FN3O4S/c1-2-16(23)21-27(24)9-5-18(6-10-27)12-22(7-8-25-18)17-20-14-4-3-13(19)11-15(14)26-17/h3-4,11H,2,5-10,12H2,1H3. The van der Waals surface area contributed by atoms with E-state index in [2.05, 4.69) is 9.35 Å². The van der Waals surface area contributed by atoms with Crippen molar-refractivity contribution in [2.45, 2.75) is 31.8 Å². The van der Waals surface area contributed by atoms with Crippen molar-refractivity contribution in [3.05, 3.63) is 24.0 Å². The average Bonchev–Trinajstić information content (AvgIpc) is 3.08. The Hall–Kier alpha value is -2.00. The molecule has 9 heteroatoms. The Kier molecular flexibility index (Phi) is 4.67. The van der Waals surface area contributed by atoms with Crippen molar-refractivity contribution in [2.75, 3.05) is 36.1 Å². The minimum absolute atomic E-state index is 0.269. The predicted molar refractivity (Wildman–Crippen MR) is 99.7 cm³/mol. The summed E-state index contributed by atoms with van der Waals surface area (Å²) in [7, 11) is -2.49. The molecule has 4 rings (SSSR count). The van der Waals surface area contributed by atoms with E-state index in [1.54, 1.807) is 13.0 Å². The monoisotopic (exact) mass is 395 g/mol. The topological polar surface area (TPSA) is 85.0 Å². The molecule has 2 saturated heterocycles. The van der Waals surface area contributed by atoms with Gasteiger partial charge in [0.2, 0.25) is 0 Å². The predicted octanol–water partition coefficient (Wildman–Crippen LogP) is 2.74. The summed E-state index contributed by atoms with van der Waals surface area (Å²) in [6.07, 6.45) is 1.40. The number of amides is 1. The van der Waals surface area contributed by atoms with E-state index in [-0.39, 0.29) is 18.1 Å². The van der Waals surface area contributed by atoms with Crippen molar-refractivity contribution in [3.63, 3.8) is 0 Å². The first-order valence-electron chi connectivity index (χ1n) is 9.11. The van der Waals surface area contributed by atoms with Crippen molar-refractivity contribution in [1.82, 2.24) is 4.98 Å². The van der Waals surface area contributed by atoms with Crippen molar-refractivity contribution in [3.8, 4) is 0 Å². The van der Waals surface area contributed by atoms with Crippen LogP contribution in [-0.2, 0) is 19.3 Å². The minimum Gasteiger partial charge on any atom is -0.423 e. The maximum absolute atomic E-state index is 13.4. The molecule has 1 amide bonds. The van der Waals surface area contributed by atoms with Crippen LogP contribution in [0, 0.1) is 5.82 Å². The Bertz CT molecular complexity index is 982. The zero-order chi connectivity index (χ0) is 19.1. The maximum Gasteiger partial charge on any atom is 0.298 e. The molecular weight excluding hydrogens is 373 g/mol. The van der Waals surface area contributed by atoms with Crippen LogP contribution in [0.1, 0.15) is 26.2 Å². The van der Waals surface area contributed by atoms with Gasteiger partial charge in [0, 0.05) is 30.5 Å². The molecule has 0 bridgehead atoms. The van der Waals surface area contributed by atoms with Crippen molar-refractivity contribution in [1.29, 1.82) is 0 Å². The zero-order valence-electron chi connectivity index (χ0n) is 15.1. The van der Waals surface area contributed by atoms with Gasteiger partial charge < -0.3 is 14.1 Å². The van der Waals surface area contributed by atoms with E-state index < -0.39 is 15.3 Å². The summed E-state index contributed by atoms with van der Waals surface area (Å²) in [6, 6.07) is 4.71. The third-order valence-electron chi connectivity index (χ3n) is 5.18. The van der Waals surface area contributed by atoms with Crippen molar-refractivity contribution in [2.24, 2.45) is 4.36 Å². The molecule has 3 heterocycles. The van der Waals surface area contributed by atoms with Crippen LogP contribution in [0.15, 0.2) is 27.0 Å². The van der Waals surface area contributed by atoms with Crippen LogP contribution in [0.5, 0.6) is 0 Å². The number of benzene rings is 1. The Balaban J connectivity index is 1.52. The van der Waals surface area contributed by atoms with Gasteiger partial charge in [0.1, 0.15) is 11.3 Å². The molecule has 1 spiro atoms. The second-order valence-corrected chi connectivity index (χ2v) is 9.63. The number of fused-ring (bicyclic) bond motifs is 1. The fourth-order valence-corrected chi connectivity index (χ4v) is 5.86. The van der Waals surface area contributed by atoms with E-state index in [0.717, 1.165) is 0 Å². The molecule has 0 atom stereocenters. The van der Waals surface area contributed by atoms with Crippen LogP contribution < -0.4 is 4.90 Å². The lowest BCUT2D eigenvalue weighted by Gasteiger charge is -2.44. The first-order chi connectivity index (χ1) is 12.9. The maximum atomic E-state index is 13.4. The molecule has 0 saturated carbocycles. The Labute approximate surface area is 157 Å². The third kappa shape index (κ3) is 3.70. The van der Waals surface area contributed by atoms with Crippen LogP contribution in [-0.4, -0.2) is 51.9 Å². The van der Waals surface area contributed by atoms with Crippen LogP contribution in [0.3, 0.4) is 0 Å². The average molecular weight is 395 g/mol. The molecule has 2 fully saturated rings. The SMILES string of the molecule is CCC(=O)N=S1(=O)CCC2(CC1)CN(c1nc3ccc(F)cc3o1)CCO2. The number of halogens is 1. The van der Waals surface area contributed by atoms with Gasteiger partial charge in [0.05, 0.1) is 28.5 Å². The fraction of sp³-hybridized carbons (Fsp3) is 0.556. The molecule has 1 aromatic heterocycles. The number of nitrogens with zero attached hydrogens (tertiary/aromatic N) is 3. The van der Waals surface area contributed by atoms with Gasteiger partial charge in [-0.15, -0.1) is 0 Å². The molecule has 27 heavy (non-hydrogen) atoms. The largest absolute Gasteiger partial charge is 0.423 e. The molecule has 0 radical (unpaired) electrons. The molecule has 0 unspecified atom stereocenters. The van der Waals surface area contributed by atoms with Crippen LogP contribution in [0.4, 0.5) is 10.4 Å². The van der Waals surface area contributed by atoms with Crippen LogP contribution in [0.25, 0.3) is 11.1 Å². The first kappa shape index (κ1) is 18.4. The summed E-state index contributed by atoms with van der Waals surface area (Å²) in [5.74, 6) is 0.0355. The van der Waals surface area contributed by atoms with Gasteiger partial charge in [0.15, 0.2) is 5.58 Å². The molecule has 2 aliphatic heterocycles. The number of rotatable bonds is 2. The number of aromatic nitrogens is 1. The van der Waals surface area contributed by atoms with Gasteiger partial charge in [-0.3, -0.25) is 4.79 Å². The molecule has 0 N–H and O–H groups in total. The summed E-state index contributed by atoms with van der Waals surface area (Å²) in [4.78, 5) is 18.0. The van der Waals surface area contributed by atoms with E-state index in [4.69, 9.17) is 9.15 Å². The van der Waals surface area contributed by atoms with Gasteiger partial charge in [-0.25, -0.2) is 8.60 Å². The van der Waals surface area contributed by atoms with Crippen molar-refractivity contribution >= 4 is 32.8 Å². The van der Waals surface area contributed by atoms with E-state index in [0.29, 0.717) is 61.2 Å². The highest BCUT2D eigenvalue weighted by Crippen LogP contribution is 2.34. The second-order valence-electron chi connectivity index (χ2n) is 7.08. The molecule has 2 aliphatic rings. The highest BCUT2D eigenvalue weighted by molar-refractivity contribution is 7.93. The molecule has 2 aromatic rings. The van der Waals surface area contributed by atoms with E-state index >= 15 is 0 Å². The smallest absolute Gasteiger partial charge is 0.298 e. The minimum atomic E-state index is -2.49.